The van der Waals surface area contributed by atoms with E-state index in [4.69, 9.17) is 19.4 Å². The number of hydrogen-bond donors (Lipinski definition) is 0. The Bertz CT molecular complexity index is 2820. The lowest BCUT2D eigenvalue weighted by atomic mass is 9.89. The number of furan rings is 1. The van der Waals surface area contributed by atoms with Gasteiger partial charge in [-0.1, -0.05) is 140 Å². The molecule has 0 atom stereocenters. The zero-order valence-electron chi connectivity index (χ0n) is 26.3. The summed E-state index contributed by atoms with van der Waals surface area (Å²) >= 11 is 0. The Morgan fingerprint density at radius 1 is 0.306 bits per heavy atom. The molecule has 0 aliphatic carbocycles. The quantitative estimate of drug-likeness (QED) is 0.183. The van der Waals surface area contributed by atoms with Crippen molar-refractivity contribution in [3.63, 3.8) is 0 Å². The highest BCUT2D eigenvalue weighted by Gasteiger charge is 2.18. The molecule has 0 saturated heterocycles. The Kier molecular flexibility index (Phi) is 6.15. The van der Waals surface area contributed by atoms with Gasteiger partial charge in [-0.15, -0.1) is 0 Å². The van der Waals surface area contributed by atoms with E-state index in [2.05, 4.69) is 91.0 Å². The van der Waals surface area contributed by atoms with Crippen LogP contribution >= 0.6 is 0 Å². The largest absolute Gasteiger partial charge is 0.456 e. The minimum Gasteiger partial charge on any atom is -0.456 e. The third-order valence-corrected chi connectivity index (χ3v) is 9.51. The van der Waals surface area contributed by atoms with Gasteiger partial charge in [0.1, 0.15) is 11.2 Å². The molecule has 0 saturated carbocycles. The third kappa shape index (κ3) is 4.49. The molecule has 0 unspecified atom stereocenters. The molecule has 8 aromatic carbocycles. The van der Waals surface area contributed by atoms with Crippen molar-refractivity contribution in [3.05, 3.63) is 164 Å². The molecule has 4 nitrogen and oxygen atoms in total. The minimum atomic E-state index is 0.648. The van der Waals surface area contributed by atoms with E-state index in [9.17, 15) is 0 Å². The van der Waals surface area contributed by atoms with Crippen molar-refractivity contribution in [2.45, 2.75) is 0 Å². The zero-order valence-corrected chi connectivity index (χ0v) is 26.3. The Morgan fingerprint density at radius 2 is 0.816 bits per heavy atom. The van der Waals surface area contributed by atoms with E-state index in [0.29, 0.717) is 17.5 Å². The second-order valence-corrected chi connectivity index (χ2v) is 12.4. The van der Waals surface area contributed by atoms with Gasteiger partial charge in [-0.25, -0.2) is 15.0 Å². The van der Waals surface area contributed by atoms with E-state index in [0.717, 1.165) is 60.5 Å². The van der Waals surface area contributed by atoms with Gasteiger partial charge < -0.3 is 4.42 Å². The highest BCUT2D eigenvalue weighted by atomic mass is 16.3. The SMILES string of the molecule is c1ccc(-c2nc(-c3ccccc3)nc(-c3cccc4c5ccccc5c5cc(-c6ccc7c(c6)oc6ccccc67)ccc5c34)n2)cc1. The average molecular weight is 626 g/mol. The first-order chi connectivity index (χ1) is 24.3. The van der Waals surface area contributed by atoms with Gasteiger partial charge in [-0.05, 0) is 62.3 Å². The summed E-state index contributed by atoms with van der Waals surface area (Å²) in [6.45, 7) is 0. The van der Waals surface area contributed by atoms with E-state index in [1.807, 2.05) is 72.8 Å². The van der Waals surface area contributed by atoms with Gasteiger partial charge in [0.2, 0.25) is 0 Å². The first kappa shape index (κ1) is 27.5. The van der Waals surface area contributed by atoms with E-state index in [1.54, 1.807) is 0 Å². The normalized spacial score (nSPS) is 11.7. The maximum absolute atomic E-state index is 6.26. The monoisotopic (exact) mass is 625 g/mol. The zero-order chi connectivity index (χ0) is 32.3. The van der Waals surface area contributed by atoms with Crippen molar-refractivity contribution in [2.75, 3.05) is 0 Å². The molecule has 10 rings (SSSR count). The van der Waals surface area contributed by atoms with E-state index in [1.165, 1.54) is 21.5 Å². The molecule has 0 fully saturated rings. The second kappa shape index (κ2) is 11.0. The van der Waals surface area contributed by atoms with Crippen molar-refractivity contribution in [1.82, 2.24) is 15.0 Å². The molecule has 0 aliphatic heterocycles. The van der Waals surface area contributed by atoms with Gasteiger partial charge in [0, 0.05) is 32.8 Å². The molecule has 0 bridgehead atoms. The number of nitrogens with zero attached hydrogens (tertiary/aromatic N) is 3. The Morgan fingerprint density at radius 3 is 1.53 bits per heavy atom. The van der Waals surface area contributed by atoms with Gasteiger partial charge in [-0.3, -0.25) is 0 Å². The first-order valence-electron chi connectivity index (χ1n) is 16.4. The van der Waals surface area contributed by atoms with Crippen molar-refractivity contribution in [3.8, 4) is 45.3 Å². The molecule has 10 aromatic rings. The van der Waals surface area contributed by atoms with Crippen LogP contribution in [0.25, 0.3) is 99.5 Å². The molecule has 4 heteroatoms. The standard InChI is InChI=1S/C45H27N3O/c1-3-12-28(13-4-1)43-46-44(29-14-5-2-6-15-29)48-45(47-43)38-20-11-19-36-32-16-7-8-17-33(32)39-26-30(23-25-37(39)42(36)38)31-22-24-35-34-18-9-10-21-40(34)49-41(35)27-31/h1-27H. The molecule has 0 spiro atoms. The minimum absolute atomic E-state index is 0.648. The number of fused-ring (bicyclic) bond motifs is 9. The molecule has 228 valence electrons. The molecule has 0 aliphatic rings. The van der Waals surface area contributed by atoms with Crippen molar-refractivity contribution >= 4 is 54.3 Å². The fourth-order valence-corrected chi connectivity index (χ4v) is 7.21. The maximum Gasteiger partial charge on any atom is 0.164 e. The predicted molar refractivity (Wildman–Crippen MR) is 201 cm³/mol. The van der Waals surface area contributed by atoms with Gasteiger partial charge in [-0.2, -0.15) is 0 Å². The number of rotatable bonds is 4. The lowest BCUT2D eigenvalue weighted by molar-refractivity contribution is 0.669. The number of para-hydroxylation sites is 1. The van der Waals surface area contributed by atoms with Crippen molar-refractivity contribution < 1.29 is 4.42 Å². The summed E-state index contributed by atoms with van der Waals surface area (Å²) in [5.74, 6) is 1.94. The molecular formula is C45H27N3O. The summed E-state index contributed by atoms with van der Waals surface area (Å²) in [6.07, 6.45) is 0. The number of hydrogen-bond acceptors (Lipinski definition) is 4. The molecule has 49 heavy (non-hydrogen) atoms. The smallest absolute Gasteiger partial charge is 0.164 e. The highest BCUT2D eigenvalue weighted by Crippen LogP contribution is 2.42. The molecule has 0 radical (unpaired) electrons. The summed E-state index contributed by atoms with van der Waals surface area (Å²) in [6, 6.07) is 56.9. The van der Waals surface area contributed by atoms with Crippen molar-refractivity contribution in [1.29, 1.82) is 0 Å². The van der Waals surface area contributed by atoms with Crippen LogP contribution in [-0.2, 0) is 0 Å². The second-order valence-electron chi connectivity index (χ2n) is 12.4. The van der Waals surface area contributed by atoms with Gasteiger partial charge in [0.15, 0.2) is 17.5 Å². The van der Waals surface area contributed by atoms with Crippen LogP contribution in [0.5, 0.6) is 0 Å². The summed E-state index contributed by atoms with van der Waals surface area (Å²) in [7, 11) is 0. The van der Waals surface area contributed by atoms with Crippen LogP contribution in [0.4, 0.5) is 0 Å². The molecule has 2 heterocycles. The molecule has 0 amide bonds. The lowest BCUT2D eigenvalue weighted by Gasteiger charge is -2.15. The van der Waals surface area contributed by atoms with Crippen LogP contribution < -0.4 is 0 Å². The summed E-state index contributed by atoms with van der Waals surface area (Å²) in [5.41, 5.74) is 6.92. The van der Waals surface area contributed by atoms with Gasteiger partial charge in [0.25, 0.3) is 0 Å². The number of benzene rings is 8. The van der Waals surface area contributed by atoms with Crippen LogP contribution in [0.2, 0.25) is 0 Å². The maximum atomic E-state index is 6.26. The first-order valence-corrected chi connectivity index (χ1v) is 16.4. The fraction of sp³-hybridized carbons (Fsp3) is 0. The Labute approximate surface area is 282 Å². The molecular weight excluding hydrogens is 599 g/mol. The van der Waals surface area contributed by atoms with E-state index < -0.39 is 0 Å². The third-order valence-electron chi connectivity index (χ3n) is 9.51. The molecule has 2 aromatic heterocycles. The van der Waals surface area contributed by atoms with E-state index >= 15 is 0 Å². The van der Waals surface area contributed by atoms with E-state index in [-0.39, 0.29) is 0 Å². The highest BCUT2D eigenvalue weighted by molar-refractivity contribution is 6.28. The summed E-state index contributed by atoms with van der Waals surface area (Å²) in [5, 5.41) is 9.29. The average Bonchev–Trinajstić information content (AvgIpc) is 3.56. The van der Waals surface area contributed by atoms with Crippen LogP contribution in [0, 0.1) is 0 Å². The van der Waals surface area contributed by atoms with Gasteiger partial charge >= 0.3 is 0 Å². The summed E-state index contributed by atoms with van der Waals surface area (Å²) in [4.78, 5) is 15.2. The molecule has 0 N–H and O–H groups in total. The van der Waals surface area contributed by atoms with Crippen LogP contribution in [0.1, 0.15) is 0 Å². The summed E-state index contributed by atoms with van der Waals surface area (Å²) < 4.78 is 6.26. The van der Waals surface area contributed by atoms with Crippen LogP contribution in [0.15, 0.2) is 168 Å². The topological polar surface area (TPSA) is 51.8 Å². The van der Waals surface area contributed by atoms with Gasteiger partial charge in [0.05, 0.1) is 0 Å². The lowest BCUT2D eigenvalue weighted by Crippen LogP contribution is -2.00. The van der Waals surface area contributed by atoms with Crippen molar-refractivity contribution in [2.24, 2.45) is 0 Å². The van der Waals surface area contributed by atoms with Crippen LogP contribution in [-0.4, -0.2) is 15.0 Å². The fourth-order valence-electron chi connectivity index (χ4n) is 7.21. The van der Waals surface area contributed by atoms with Crippen LogP contribution in [0.3, 0.4) is 0 Å². The predicted octanol–water partition coefficient (Wildman–Crippen LogP) is 11.9. The number of aromatic nitrogens is 3. The Balaban J connectivity index is 1.23. The Hall–Kier alpha value is -6.65.